The van der Waals surface area contributed by atoms with Gasteiger partial charge in [-0.2, -0.15) is 0 Å². The second kappa shape index (κ2) is 6.50. The second-order valence-electron chi connectivity index (χ2n) is 4.17. The zero-order valence-corrected chi connectivity index (χ0v) is 11.2. The van der Waals surface area contributed by atoms with Gasteiger partial charge in [0.05, 0.1) is 14.2 Å². The quantitative estimate of drug-likeness (QED) is 0.765. The maximum Gasteiger partial charge on any atom is 0.118 e. The van der Waals surface area contributed by atoms with Crippen LogP contribution >= 0.6 is 0 Å². The van der Waals surface area contributed by atoms with Gasteiger partial charge in [-0.15, -0.1) is 0 Å². The van der Waals surface area contributed by atoms with Gasteiger partial charge in [0.2, 0.25) is 0 Å². The monoisotopic (exact) mass is 237 g/mol. The third kappa shape index (κ3) is 3.13. The molecule has 0 radical (unpaired) electrons. The Morgan fingerprint density at radius 3 is 2.12 bits per heavy atom. The average Bonchev–Trinajstić information content (AvgIpc) is 2.34. The van der Waals surface area contributed by atoms with E-state index in [1.54, 1.807) is 14.2 Å². The fourth-order valence-corrected chi connectivity index (χ4v) is 2.32. The van der Waals surface area contributed by atoms with E-state index < -0.39 is 0 Å². The molecule has 0 aromatic heterocycles. The lowest BCUT2D eigenvalue weighted by Gasteiger charge is -2.26. The van der Waals surface area contributed by atoms with E-state index in [0.29, 0.717) is 0 Å². The normalized spacial score (nSPS) is 22.8. The van der Waals surface area contributed by atoms with E-state index >= 15 is 0 Å². The topological polar surface area (TPSA) is 44.5 Å². The van der Waals surface area contributed by atoms with Gasteiger partial charge in [0.25, 0.3) is 0 Å². The number of methoxy groups -OCH3 is 2. The highest BCUT2D eigenvalue weighted by atomic mass is 16.5. The van der Waals surface area contributed by atoms with Crippen molar-refractivity contribution in [1.82, 2.24) is 0 Å². The summed E-state index contributed by atoms with van der Waals surface area (Å²) in [4.78, 5) is 0. The lowest BCUT2D eigenvalue weighted by Crippen LogP contribution is -2.26. The molecule has 1 atom stereocenters. The van der Waals surface area contributed by atoms with Crippen LogP contribution in [0.2, 0.25) is 0 Å². The van der Waals surface area contributed by atoms with E-state index in [1.165, 1.54) is 11.1 Å². The molecule has 96 valence electrons. The molecule has 0 spiro atoms. The second-order valence-corrected chi connectivity index (χ2v) is 4.17. The largest absolute Gasteiger partial charge is 0.497 e. The molecule has 1 aliphatic carbocycles. The Kier molecular flexibility index (Phi) is 5.29. The van der Waals surface area contributed by atoms with Crippen molar-refractivity contribution in [3.05, 3.63) is 34.8 Å². The highest BCUT2D eigenvalue weighted by Crippen LogP contribution is 2.34. The van der Waals surface area contributed by atoms with Crippen molar-refractivity contribution >= 4 is 0 Å². The van der Waals surface area contributed by atoms with E-state index in [4.69, 9.17) is 15.2 Å². The number of ether oxygens (including phenoxy) is 2. The van der Waals surface area contributed by atoms with Gasteiger partial charge >= 0.3 is 0 Å². The first-order valence-corrected chi connectivity index (χ1v) is 6.06. The summed E-state index contributed by atoms with van der Waals surface area (Å²) in [5, 5.41) is 0. The van der Waals surface area contributed by atoms with Gasteiger partial charge in [-0.3, -0.25) is 0 Å². The summed E-state index contributed by atoms with van der Waals surface area (Å²) in [6.07, 6.45) is 6.78. The first kappa shape index (κ1) is 13.8. The zero-order valence-electron chi connectivity index (χ0n) is 11.2. The fraction of sp³-hybridized carbons (Fsp3) is 0.571. The van der Waals surface area contributed by atoms with E-state index in [2.05, 4.69) is 0 Å². The van der Waals surface area contributed by atoms with Gasteiger partial charge in [-0.05, 0) is 45.3 Å². The Bertz CT molecular complexity index is 353. The van der Waals surface area contributed by atoms with E-state index in [9.17, 15) is 0 Å². The van der Waals surface area contributed by atoms with Crippen LogP contribution in [-0.4, -0.2) is 20.3 Å². The predicted octanol–water partition coefficient (Wildman–Crippen LogP) is 2.89. The first-order valence-electron chi connectivity index (χ1n) is 6.06. The summed E-state index contributed by atoms with van der Waals surface area (Å²) >= 11 is 0. The average molecular weight is 237 g/mol. The molecule has 17 heavy (non-hydrogen) atoms. The van der Waals surface area contributed by atoms with Crippen LogP contribution in [0, 0.1) is 0 Å². The number of nitrogens with two attached hydrogens (primary N) is 1. The lowest BCUT2D eigenvalue weighted by molar-refractivity contribution is 0.279. The molecule has 3 nitrogen and oxygen atoms in total. The van der Waals surface area contributed by atoms with Crippen molar-refractivity contribution in [2.75, 3.05) is 14.2 Å². The number of hydrogen-bond donors (Lipinski definition) is 1. The molecule has 0 saturated heterocycles. The molecule has 0 saturated carbocycles. The van der Waals surface area contributed by atoms with Crippen molar-refractivity contribution in [3.63, 3.8) is 0 Å². The standard InChI is InChI=1S/C14H23NO2/c1-5-13(16-3)11-8-7-10(15)9-12(11)14(6-2)17-4/h5-6,10H,7-9,15H2,1-4H3/b13-5+,14-6+. The van der Waals surface area contributed by atoms with Crippen LogP contribution in [-0.2, 0) is 9.47 Å². The summed E-state index contributed by atoms with van der Waals surface area (Å²) in [6.45, 7) is 3.96. The Labute approximate surface area is 104 Å². The minimum absolute atomic E-state index is 0.216. The summed E-state index contributed by atoms with van der Waals surface area (Å²) < 4.78 is 10.8. The summed E-state index contributed by atoms with van der Waals surface area (Å²) in [7, 11) is 3.40. The van der Waals surface area contributed by atoms with Crippen LogP contribution in [0.15, 0.2) is 34.8 Å². The minimum atomic E-state index is 0.216. The molecule has 0 bridgehead atoms. The van der Waals surface area contributed by atoms with Gasteiger partial charge in [0.15, 0.2) is 0 Å². The highest BCUT2D eigenvalue weighted by Gasteiger charge is 2.23. The zero-order chi connectivity index (χ0) is 12.8. The molecule has 0 amide bonds. The molecule has 2 N–H and O–H groups in total. The molecule has 0 aliphatic heterocycles. The smallest absolute Gasteiger partial charge is 0.118 e. The molecular weight excluding hydrogens is 214 g/mol. The Morgan fingerprint density at radius 2 is 1.65 bits per heavy atom. The van der Waals surface area contributed by atoms with Gasteiger partial charge < -0.3 is 15.2 Å². The fourth-order valence-electron chi connectivity index (χ4n) is 2.32. The first-order chi connectivity index (χ1) is 8.17. The number of hydrogen-bond acceptors (Lipinski definition) is 3. The molecule has 0 heterocycles. The van der Waals surface area contributed by atoms with E-state index in [-0.39, 0.29) is 6.04 Å². The number of allylic oxidation sites excluding steroid dienone is 4. The molecular formula is C14H23NO2. The van der Waals surface area contributed by atoms with Gasteiger partial charge in [-0.25, -0.2) is 0 Å². The molecule has 1 rings (SSSR count). The molecule has 0 aromatic carbocycles. The van der Waals surface area contributed by atoms with E-state index in [0.717, 1.165) is 30.8 Å². The third-order valence-corrected chi connectivity index (χ3v) is 3.15. The molecule has 1 unspecified atom stereocenters. The lowest BCUT2D eigenvalue weighted by atomic mass is 9.86. The summed E-state index contributed by atoms with van der Waals surface area (Å²) in [5.41, 5.74) is 8.45. The van der Waals surface area contributed by atoms with Crippen molar-refractivity contribution in [1.29, 1.82) is 0 Å². The minimum Gasteiger partial charge on any atom is -0.497 e. The Morgan fingerprint density at radius 1 is 1.12 bits per heavy atom. The molecule has 3 heteroatoms. The molecule has 0 aromatic rings. The highest BCUT2D eigenvalue weighted by molar-refractivity contribution is 5.42. The van der Waals surface area contributed by atoms with Crippen molar-refractivity contribution < 1.29 is 9.47 Å². The van der Waals surface area contributed by atoms with Gasteiger partial charge in [0.1, 0.15) is 11.5 Å². The van der Waals surface area contributed by atoms with Crippen molar-refractivity contribution in [3.8, 4) is 0 Å². The van der Waals surface area contributed by atoms with Crippen molar-refractivity contribution in [2.24, 2.45) is 5.73 Å². The molecule has 1 aliphatic rings. The van der Waals surface area contributed by atoms with Crippen molar-refractivity contribution in [2.45, 2.75) is 39.2 Å². The third-order valence-electron chi connectivity index (χ3n) is 3.15. The van der Waals surface area contributed by atoms with E-state index in [1.807, 2.05) is 26.0 Å². The van der Waals surface area contributed by atoms with Gasteiger partial charge in [0, 0.05) is 17.2 Å². The predicted molar refractivity (Wildman–Crippen MR) is 70.4 cm³/mol. The SMILES string of the molecule is C/C=C(/OC)C1=C(/C(=C\C)OC)CC(N)CC1. The van der Waals surface area contributed by atoms with Crippen LogP contribution in [0.25, 0.3) is 0 Å². The molecule has 0 fully saturated rings. The Balaban J connectivity index is 3.19. The van der Waals surface area contributed by atoms with Gasteiger partial charge in [-0.1, -0.05) is 0 Å². The summed E-state index contributed by atoms with van der Waals surface area (Å²) in [5.74, 6) is 1.84. The maximum atomic E-state index is 6.04. The summed E-state index contributed by atoms with van der Waals surface area (Å²) in [6, 6.07) is 0.216. The van der Waals surface area contributed by atoms with Crippen LogP contribution in [0.3, 0.4) is 0 Å². The van der Waals surface area contributed by atoms with Crippen LogP contribution in [0.1, 0.15) is 33.1 Å². The Hall–Kier alpha value is -1.22. The number of rotatable bonds is 4. The van der Waals surface area contributed by atoms with Crippen LogP contribution < -0.4 is 5.73 Å². The van der Waals surface area contributed by atoms with Crippen LogP contribution in [0.4, 0.5) is 0 Å². The van der Waals surface area contributed by atoms with Crippen LogP contribution in [0.5, 0.6) is 0 Å². The maximum absolute atomic E-state index is 6.04.